The Balaban J connectivity index is 0.000000758. The maximum absolute atomic E-state index is 12.3. The van der Waals surface area contributed by atoms with E-state index in [1.54, 1.807) is 29.5 Å². The number of nitro benzene ring substituents is 1. The molecule has 1 amide bonds. The van der Waals surface area contributed by atoms with Crippen molar-refractivity contribution in [2.45, 2.75) is 6.54 Å². The second-order valence-electron chi connectivity index (χ2n) is 9.50. The van der Waals surface area contributed by atoms with Gasteiger partial charge >= 0.3 is 0 Å². The molecule has 6 rings (SSSR count). The molecule has 0 aliphatic carbocycles. The van der Waals surface area contributed by atoms with Crippen LogP contribution in [-0.2, 0) is 22.1 Å². The molecule has 8 heteroatoms. The third-order valence-electron chi connectivity index (χ3n) is 6.66. The number of nitrogens with one attached hydrogen (secondary N) is 1. The SMILES string of the molecule is CS(C)=O.O=CN(Cc1ccc2ccc3cccc4ccc1c2c34)c1ccccc1Nc1ccc([N+](=O)[O-])cc1. The van der Waals surface area contributed by atoms with Gasteiger partial charge in [-0.05, 0) is 62.1 Å². The van der Waals surface area contributed by atoms with Crippen molar-refractivity contribution in [2.75, 3.05) is 22.7 Å². The van der Waals surface area contributed by atoms with Gasteiger partial charge in [0.05, 0.1) is 22.8 Å². The van der Waals surface area contributed by atoms with E-state index < -0.39 is 15.7 Å². The number of carbonyl (C=O) groups is 1. The van der Waals surface area contributed by atoms with Gasteiger partial charge in [-0.2, -0.15) is 0 Å². The van der Waals surface area contributed by atoms with Gasteiger partial charge in [0.2, 0.25) is 6.41 Å². The van der Waals surface area contributed by atoms with Crippen LogP contribution < -0.4 is 10.2 Å². The first kappa shape index (κ1) is 26.8. The summed E-state index contributed by atoms with van der Waals surface area (Å²) in [6.07, 6.45) is 4.12. The predicted octanol–water partition coefficient (Wildman–Crippen LogP) is 7.39. The van der Waals surface area contributed by atoms with Crippen LogP contribution in [0.1, 0.15) is 5.56 Å². The number of nitro groups is 1. The molecular weight excluding hydrogens is 522 g/mol. The Kier molecular flexibility index (Phi) is 7.70. The number of nitrogens with zero attached hydrogens (tertiary/aromatic N) is 2. The third kappa shape index (κ3) is 5.48. The van der Waals surface area contributed by atoms with Gasteiger partial charge in [-0.25, -0.2) is 0 Å². The van der Waals surface area contributed by atoms with Crippen LogP contribution in [0.5, 0.6) is 0 Å². The van der Waals surface area contributed by atoms with Crippen molar-refractivity contribution in [2.24, 2.45) is 0 Å². The highest BCUT2D eigenvalue weighted by atomic mass is 32.2. The molecule has 0 fully saturated rings. The molecule has 0 saturated carbocycles. The van der Waals surface area contributed by atoms with Crippen molar-refractivity contribution in [3.8, 4) is 0 Å². The maximum atomic E-state index is 12.3. The summed E-state index contributed by atoms with van der Waals surface area (Å²) in [5.74, 6) is 0. The normalized spacial score (nSPS) is 11.0. The van der Waals surface area contributed by atoms with Gasteiger partial charge < -0.3 is 10.2 Å². The van der Waals surface area contributed by atoms with Crippen molar-refractivity contribution in [3.63, 3.8) is 0 Å². The molecule has 40 heavy (non-hydrogen) atoms. The lowest BCUT2D eigenvalue weighted by Gasteiger charge is -2.23. The van der Waals surface area contributed by atoms with Crippen LogP contribution in [0.25, 0.3) is 32.3 Å². The highest BCUT2D eigenvalue weighted by molar-refractivity contribution is 7.83. The summed E-state index contributed by atoms with van der Waals surface area (Å²) in [7, 11) is -0.611. The maximum Gasteiger partial charge on any atom is 0.269 e. The molecule has 0 aliphatic heterocycles. The van der Waals surface area contributed by atoms with E-state index in [2.05, 4.69) is 59.9 Å². The molecule has 0 spiro atoms. The minimum absolute atomic E-state index is 0.0253. The van der Waals surface area contributed by atoms with E-state index in [1.165, 1.54) is 39.1 Å². The molecule has 1 N–H and O–H groups in total. The molecule has 0 atom stereocenters. The van der Waals surface area contributed by atoms with Crippen LogP contribution in [0.3, 0.4) is 0 Å². The quantitative estimate of drug-likeness (QED) is 0.0970. The fourth-order valence-corrected chi connectivity index (χ4v) is 4.95. The Labute approximate surface area is 234 Å². The third-order valence-corrected chi connectivity index (χ3v) is 6.66. The van der Waals surface area contributed by atoms with E-state index in [0.29, 0.717) is 12.2 Å². The first-order valence-electron chi connectivity index (χ1n) is 12.6. The van der Waals surface area contributed by atoms with Gasteiger partial charge in [0.25, 0.3) is 5.69 Å². The van der Waals surface area contributed by atoms with Crippen molar-refractivity contribution in [1.82, 2.24) is 0 Å². The number of carbonyl (C=O) groups excluding carboxylic acids is 1. The van der Waals surface area contributed by atoms with Crippen LogP contribution in [-0.4, -0.2) is 28.1 Å². The predicted molar refractivity (Wildman–Crippen MR) is 165 cm³/mol. The number of anilines is 3. The van der Waals surface area contributed by atoms with Crippen molar-refractivity contribution in [1.29, 1.82) is 0 Å². The van der Waals surface area contributed by atoms with Crippen LogP contribution in [0.15, 0.2) is 103 Å². The summed E-state index contributed by atoms with van der Waals surface area (Å²) in [6.45, 7) is 0.399. The van der Waals surface area contributed by atoms with Crippen LogP contribution in [0.2, 0.25) is 0 Å². The number of hydrogen-bond acceptors (Lipinski definition) is 5. The van der Waals surface area contributed by atoms with Gasteiger partial charge in [-0.3, -0.25) is 19.1 Å². The van der Waals surface area contributed by atoms with E-state index in [-0.39, 0.29) is 5.69 Å². The van der Waals surface area contributed by atoms with Gasteiger partial charge in [0.15, 0.2) is 0 Å². The van der Waals surface area contributed by atoms with Gasteiger partial charge in [-0.15, -0.1) is 0 Å². The first-order chi connectivity index (χ1) is 19.4. The van der Waals surface area contributed by atoms with Crippen molar-refractivity contribution < 1.29 is 13.9 Å². The number of amides is 1. The minimum atomic E-state index is -0.611. The smallest absolute Gasteiger partial charge is 0.269 e. The van der Waals surface area contributed by atoms with E-state index in [9.17, 15) is 19.1 Å². The zero-order valence-corrected chi connectivity index (χ0v) is 22.9. The largest absolute Gasteiger partial charge is 0.354 e. The average molecular weight is 550 g/mol. The summed E-state index contributed by atoms with van der Waals surface area (Å²) in [4.78, 5) is 24.6. The molecule has 0 heterocycles. The zero-order chi connectivity index (χ0) is 28.2. The Morgan fingerprint density at radius 2 is 1.40 bits per heavy atom. The van der Waals surface area contributed by atoms with Crippen molar-refractivity contribution >= 4 is 72.3 Å². The molecular formula is C32H27N3O4S. The molecule has 0 aliphatic rings. The van der Waals surface area contributed by atoms with Crippen LogP contribution >= 0.6 is 0 Å². The van der Waals surface area contributed by atoms with Gasteiger partial charge in [0.1, 0.15) is 0 Å². The highest BCUT2D eigenvalue weighted by Gasteiger charge is 2.16. The molecule has 6 aromatic rings. The Morgan fingerprint density at radius 1 is 0.800 bits per heavy atom. The number of hydrogen-bond donors (Lipinski definition) is 1. The number of rotatable bonds is 7. The summed E-state index contributed by atoms with van der Waals surface area (Å²) in [6, 6.07) is 32.9. The van der Waals surface area contributed by atoms with Gasteiger partial charge in [0, 0.05) is 41.1 Å². The lowest BCUT2D eigenvalue weighted by atomic mass is 9.92. The minimum Gasteiger partial charge on any atom is -0.354 e. The summed E-state index contributed by atoms with van der Waals surface area (Å²) < 4.78 is 9.56. The number of benzene rings is 6. The number of non-ortho nitro benzene ring substituents is 1. The molecule has 0 saturated heterocycles. The summed E-state index contributed by atoms with van der Waals surface area (Å²) in [5.41, 5.74) is 3.23. The Hall–Kier alpha value is -4.82. The summed E-state index contributed by atoms with van der Waals surface area (Å²) >= 11 is 0. The van der Waals surface area contributed by atoms with E-state index in [1.807, 2.05) is 24.3 Å². The van der Waals surface area contributed by atoms with E-state index >= 15 is 0 Å². The van der Waals surface area contributed by atoms with Crippen molar-refractivity contribution in [3.05, 3.63) is 119 Å². The second-order valence-corrected chi connectivity index (χ2v) is 11.0. The molecule has 0 bridgehead atoms. The second kappa shape index (κ2) is 11.5. The van der Waals surface area contributed by atoms with Crippen LogP contribution in [0.4, 0.5) is 22.7 Å². The Bertz CT molecular complexity index is 1830. The molecule has 0 unspecified atom stereocenters. The lowest BCUT2D eigenvalue weighted by Crippen LogP contribution is -2.21. The monoisotopic (exact) mass is 549 g/mol. The molecule has 7 nitrogen and oxygen atoms in total. The topological polar surface area (TPSA) is 92.6 Å². The number of para-hydroxylation sites is 2. The Morgan fingerprint density at radius 3 is 2.05 bits per heavy atom. The molecule has 0 aromatic heterocycles. The fourth-order valence-electron chi connectivity index (χ4n) is 4.95. The molecule has 6 aromatic carbocycles. The first-order valence-corrected chi connectivity index (χ1v) is 14.6. The lowest BCUT2D eigenvalue weighted by molar-refractivity contribution is -0.384. The van der Waals surface area contributed by atoms with E-state index in [4.69, 9.17) is 0 Å². The highest BCUT2D eigenvalue weighted by Crippen LogP contribution is 2.37. The van der Waals surface area contributed by atoms with Gasteiger partial charge in [-0.1, -0.05) is 66.7 Å². The zero-order valence-electron chi connectivity index (χ0n) is 22.0. The standard InChI is InChI=1S/C30H21N3O3.C2H6OS/c34-19-32(28-7-2-1-6-27(28)31-24-13-15-25(16-14-24)33(35)36)18-23-11-10-22-9-8-20-4-3-5-21-12-17-26(23)30(22)29(20)21;1-4(2)3/h1-17,19,31H,18H2;1-2H3. The average Bonchev–Trinajstić information content (AvgIpc) is 2.95. The molecule has 200 valence electrons. The van der Waals surface area contributed by atoms with E-state index in [0.717, 1.165) is 28.7 Å². The molecule has 0 radical (unpaired) electrons. The fraction of sp³-hybridized carbons (Fsp3) is 0.0938. The summed E-state index contributed by atoms with van der Waals surface area (Å²) in [5, 5.41) is 21.4. The van der Waals surface area contributed by atoms with Crippen LogP contribution in [0, 0.1) is 10.1 Å².